The van der Waals surface area contributed by atoms with Crippen LogP contribution >= 0.6 is 27.3 Å². The number of nitrogens with zero attached hydrogens (tertiary/aromatic N) is 2. The Morgan fingerprint density at radius 3 is 2.59 bits per heavy atom. The molecule has 2 unspecified atom stereocenters. The first-order valence-corrected chi connectivity index (χ1v) is 7.24. The first-order chi connectivity index (χ1) is 8.02. The third-order valence-corrected chi connectivity index (χ3v) is 4.73. The van der Waals surface area contributed by atoms with Crippen LogP contribution in [0.5, 0.6) is 0 Å². The summed E-state index contributed by atoms with van der Waals surface area (Å²) in [5.41, 5.74) is 9.47. The van der Waals surface area contributed by atoms with Gasteiger partial charge in [-0.15, -0.1) is 0 Å². The molecule has 0 aliphatic carbocycles. The summed E-state index contributed by atoms with van der Waals surface area (Å²) in [5, 5.41) is 8.79. The molecule has 17 heavy (non-hydrogen) atoms. The molecule has 0 saturated heterocycles. The van der Waals surface area contributed by atoms with Crippen molar-refractivity contribution in [3.8, 4) is 0 Å². The summed E-state index contributed by atoms with van der Waals surface area (Å²) in [6.07, 6.45) is 0. The molecule has 2 aromatic heterocycles. The topological polar surface area (TPSA) is 43.8 Å². The number of thiophene rings is 1. The maximum Gasteiger partial charge on any atom is 0.0928 e. The molecule has 0 fully saturated rings. The Kier molecular flexibility index (Phi) is 3.70. The van der Waals surface area contributed by atoms with Gasteiger partial charge in [0.1, 0.15) is 0 Å². The zero-order chi connectivity index (χ0) is 12.6. The van der Waals surface area contributed by atoms with Crippen LogP contribution in [-0.4, -0.2) is 15.8 Å². The van der Waals surface area contributed by atoms with E-state index in [9.17, 15) is 0 Å². The van der Waals surface area contributed by atoms with Gasteiger partial charge in [-0.1, -0.05) is 0 Å². The number of hydrogen-bond acceptors (Lipinski definition) is 3. The monoisotopic (exact) mass is 313 g/mol. The summed E-state index contributed by atoms with van der Waals surface area (Å²) in [7, 11) is 0. The maximum absolute atomic E-state index is 6.12. The van der Waals surface area contributed by atoms with Gasteiger partial charge in [-0.2, -0.15) is 16.4 Å². The molecule has 3 nitrogen and oxygen atoms in total. The maximum atomic E-state index is 6.12. The van der Waals surface area contributed by atoms with Crippen molar-refractivity contribution in [1.82, 2.24) is 9.78 Å². The summed E-state index contributed by atoms with van der Waals surface area (Å²) < 4.78 is 3.09. The Labute approximate surface area is 114 Å². The zero-order valence-electron chi connectivity index (χ0n) is 10.1. The van der Waals surface area contributed by atoms with Crippen molar-refractivity contribution >= 4 is 27.3 Å². The van der Waals surface area contributed by atoms with Gasteiger partial charge in [-0.25, -0.2) is 0 Å². The Hall–Kier alpha value is -0.650. The van der Waals surface area contributed by atoms with E-state index >= 15 is 0 Å². The van der Waals surface area contributed by atoms with Gasteiger partial charge in [0.25, 0.3) is 0 Å². The Balaban J connectivity index is 2.51. The third-order valence-electron chi connectivity index (χ3n) is 2.88. The molecule has 2 atom stereocenters. The molecular formula is C12H16BrN3S. The largest absolute Gasteiger partial charge is 0.326 e. The van der Waals surface area contributed by atoms with Crippen molar-refractivity contribution in [3.63, 3.8) is 0 Å². The van der Waals surface area contributed by atoms with Crippen LogP contribution in [0.15, 0.2) is 21.3 Å². The highest BCUT2D eigenvalue weighted by Crippen LogP contribution is 2.28. The van der Waals surface area contributed by atoms with Crippen LogP contribution in [0, 0.1) is 13.8 Å². The molecule has 5 heteroatoms. The number of aryl methyl sites for hydroxylation is 1. The number of rotatable bonds is 3. The van der Waals surface area contributed by atoms with Crippen LogP contribution in [0.2, 0.25) is 0 Å². The van der Waals surface area contributed by atoms with Crippen LogP contribution in [0.25, 0.3) is 0 Å². The number of aromatic nitrogens is 2. The van der Waals surface area contributed by atoms with Crippen LogP contribution < -0.4 is 5.73 Å². The van der Waals surface area contributed by atoms with Crippen molar-refractivity contribution < 1.29 is 0 Å². The zero-order valence-corrected chi connectivity index (χ0v) is 12.5. The van der Waals surface area contributed by atoms with E-state index in [0.29, 0.717) is 0 Å². The summed E-state index contributed by atoms with van der Waals surface area (Å²) >= 11 is 5.25. The highest BCUT2D eigenvalue weighted by Gasteiger charge is 2.23. The lowest BCUT2D eigenvalue weighted by molar-refractivity contribution is 0.444. The minimum atomic E-state index is 0.0227. The van der Waals surface area contributed by atoms with E-state index < -0.39 is 0 Å². The highest BCUT2D eigenvalue weighted by molar-refractivity contribution is 9.10. The van der Waals surface area contributed by atoms with E-state index in [1.807, 2.05) is 18.5 Å². The fourth-order valence-corrected chi connectivity index (χ4v) is 2.97. The molecular weight excluding hydrogens is 298 g/mol. The van der Waals surface area contributed by atoms with E-state index in [1.54, 1.807) is 11.3 Å². The van der Waals surface area contributed by atoms with Gasteiger partial charge < -0.3 is 5.73 Å². The summed E-state index contributed by atoms with van der Waals surface area (Å²) in [5.74, 6) is 0. The standard InChI is InChI=1S/C12H16BrN3S/c1-7(14)12(10-4-5-17-6-10)16-9(3)11(13)8(2)15-16/h4-7,12H,14H2,1-3H3. The lowest BCUT2D eigenvalue weighted by atomic mass is 10.0. The molecule has 0 amide bonds. The van der Waals surface area contributed by atoms with Gasteiger partial charge in [-0.3, -0.25) is 4.68 Å². The molecule has 2 aromatic rings. The predicted molar refractivity (Wildman–Crippen MR) is 75.5 cm³/mol. The lowest BCUT2D eigenvalue weighted by Gasteiger charge is -2.22. The molecule has 0 aromatic carbocycles. The summed E-state index contributed by atoms with van der Waals surface area (Å²) in [4.78, 5) is 0. The first-order valence-electron chi connectivity index (χ1n) is 5.51. The van der Waals surface area contributed by atoms with Crippen molar-refractivity contribution in [3.05, 3.63) is 38.3 Å². The van der Waals surface area contributed by atoms with Crippen molar-refractivity contribution in [2.75, 3.05) is 0 Å². The lowest BCUT2D eigenvalue weighted by Crippen LogP contribution is -2.31. The van der Waals surface area contributed by atoms with Gasteiger partial charge in [0.2, 0.25) is 0 Å². The Morgan fingerprint density at radius 1 is 1.47 bits per heavy atom. The van der Waals surface area contributed by atoms with Crippen LogP contribution in [0.4, 0.5) is 0 Å². The minimum absolute atomic E-state index is 0.0227. The highest BCUT2D eigenvalue weighted by atomic mass is 79.9. The molecule has 2 N–H and O–H groups in total. The molecule has 0 bridgehead atoms. The molecule has 2 rings (SSSR count). The van der Waals surface area contributed by atoms with Gasteiger partial charge in [0.15, 0.2) is 0 Å². The van der Waals surface area contributed by atoms with E-state index in [0.717, 1.165) is 15.9 Å². The van der Waals surface area contributed by atoms with Crippen LogP contribution in [0.1, 0.15) is 29.9 Å². The number of halogens is 1. The Morgan fingerprint density at radius 2 is 2.18 bits per heavy atom. The fraction of sp³-hybridized carbons (Fsp3) is 0.417. The Bertz CT molecular complexity index is 502. The predicted octanol–water partition coefficient (Wildman–Crippen LogP) is 3.26. The van der Waals surface area contributed by atoms with Gasteiger partial charge >= 0.3 is 0 Å². The summed E-state index contributed by atoms with van der Waals surface area (Å²) in [6, 6.07) is 2.24. The molecule has 0 spiro atoms. The van der Waals surface area contributed by atoms with Gasteiger partial charge in [0, 0.05) is 6.04 Å². The van der Waals surface area contributed by atoms with E-state index in [2.05, 4.69) is 44.8 Å². The molecule has 92 valence electrons. The van der Waals surface area contributed by atoms with Crippen LogP contribution in [-0.2, 0) is 0 Å². The van der Waals surface area contributed by atoms with E-state index in [1.165, 1.54) is 5.56 Å². The van der Waals surface area contributed by atoms with Crippen molar-refractivity contribution in [2.24, 2.45) is 5.73 Å². The minimum Gasteiger partial charge on any atom is -0.326 e. The van der Waals surface area contributed by atoms with E-state index in [4.69, 9.17) is 5.73 Å². The molecule has 0 aliphatic rings. The van der Waals surface area contributed by atoms with Gasteiger partial charge in [-0.05, 0) is 59.1 Å². The smallest absolute Gasteiger partial charge is 0.0928 e. The molecule has 2 heterocycles. The number of hydrogen-bond donors (Lipinski definition) is 1. The summed E-state index contributed by atoms with van der Waals surface area (Å²) in [6.45, 7) is 6.08. The second kappa shape index (κ2) is 4.92. The number of nitrogens with two attached hydrogens (primary N) is 1. The molecule has 0 radical (unpaired) electrons. The second-order valence-electron chi connectivity index (χ2n) is 4.29. The second-order valence-corrected chi connectivity index (χ2v) is 5.86. The molecule has 0 saturated carbocycles. The van der Waals surface area contributed by atoms with Gasteiger partial charge in [0.05, 0.1) is 21.9 Å². The van der Waals surface area contributed by atoms with Crippen molar-refractivity contribution in [2.45, 2.75) is 32.9 Å². The molecule has 0 aliphatic heterocycles. The average Bonchev–Trinajstić information content (AvgIpc) is 2.85. The van der Waals surface area contributed by atoms with Crippen molar-refractivity contribution in [1.29, 1.82) is 0 Å². The normalized spacial score (nSPS) is 14.9. The first kappa shape index (κ1) is 12.8. The van der Waals surface area contributed by atoms with E-state index in [-0.39, 0.29) is 12.1 Å². The van der Waals surface area contributed by atoms with Crippen LogP contribution in [0.3, 0.4) is 0 Å². The third kappa shape index (κ3) is 2.32. The SMILES string of the molecule is Cc1nn(C(c2ccsc2)C(C)N)c(C)c1Br. The fourth-order valence-electron chi connectivity index (χ4n) is 2.02. The quantitative estimate of drug-likeness (QED) is 0.945. The average molecular weight is 314 g/mol.